The Labute approximate surface area is 77.3 Å². The molecule has 0 aromatic heterocycles. The molecule has 76 valence electrons. The third-order valence-corrected chi connectivity index (χ3v) is 1.62. The second-order valence-electron chi connectivity index (χ2n) is 2.45. The Morgan fingerprint density at radius 3 is 2.46 bits per heavy atom. The van der Waals surface area contributed by atoms with Crippen molar-refractivity contribution < 1.29 is 19.4 Å². The van der Waals surface area contributed by atoms with Crippen LogP contribution >= 0.6 is 0 Å². The maximum atomic E-state index is 11.2. The summed E-state index contributed by atoms with van der Waals surface area (Å²) in [7, 11) is 1.17. The molecule has 1 amide bonds. The number of nitrogens with zero attached hydrogens (tertiary/aromatic N) is 1. The number of amides is 1. The fraction of sp³-hybridized carbons (Fsp3) is 0.750. The third kappa shape index (κ3) is 3.89. The summed E-state index contributed by atoms with van der Waals surface area (Å²) >= 11 is 0. The van der Waals surface area contributed by atoms with Gasteiger partial charge in [-0.05, 0) is 13.3 Å². The number of aliphatic hydroxyl groups is 1. The summed E-state index contributed by atoms with van der Waals surface area (Å²) in [6.45, 7) is 2.58. The highest BCUT2D eigenvalue weighted by Crippen LogP contribution is 1.93. The number of rotatable bonds is 4. The Bertz CT molecular complexity index is 181. The Morgan fingerprint density at radius 2 is 2.08 bits per heavy atom. The van der Waals surface area contributed by atoms with E-state index in [0.29, 0.717) is 19.5 Å². The molecule has 1 N–H and O–H groups in total. The van der Waals surface area contributed by atoms with Crippen molar-refractivity contribution in [2.75, 3.05) is 26.8 Å². The molecular formula is C8H15NO4. The third-order valence-electron chi connectivity index (χ3n) is 1.62. The molecule has 0 rings (SSSR count). The van der Waals surface area contributed by atoms with Gasteiger partial charge < -0.3 is 14.7 Å². The number of hydrogen-bond donors (Lipinski definition) is 1. The van der Waals surface area contributed by atoms with Crippen LogP contribution in [-0.4, -0.2) is 48.7 Å². The highest BCUT2D eigenvalue weighted by atomic mass is 16.5. The summed E-state index contributed by atoms with van der Waals surface area (Å²) in [5.41, 5.74) is 0. The first kappa shape index (κ1) is 11.9. The van der Waals surface area contributed by atoms with Gasteiger partial charge in [-0.2, -0.15) is 0 Å². The molecule has 5 heteroatoms. The van der Waals surface area contributed by atoms with Crippen molar-refractivity contribution in [1.82, 2.24) is 4.90 Å². The molecule has 0 aromatic rings. The molecule has 5 nitrogen and oxygen atoms in total. The van der Waals surface area contributed by atoms with Crippen LogP contribution in [0.1, 0.15) is 13.3 Å². The number of carbonyl (C=O) groups is 2. The van der Waals surface area contributed by atoms with E-state index < -0.39 is 11.9 Å². The number of methoxy groups -OCH3 is 1. The first-order valence-corrected chi connectivity index (χ1v) is 4.15. The van der Waals surface area contributed by atoms with Crippen molar-refractivity contribution in [3.8, 4) is 0 Å². The summed E-state index contributed by atoms with van der Waals surface area (Å²) in [5, 5.41) is 8.53. The van der Waals surface area contributed by atoms with Gasteiger partial charge in [-0.15, -0.1) is 0 Å². The number of esters is 1. The molecule has 0 radical (unpaired) electrons. The normalized spacial score (nSPS) is 9.46. The zero-order chi connectivity index (χ0) is 10.3. The average molecular weight is 189 g/mol. The monoisotopic (exact) mass is 189 g/mol. The minimum atomic E-state index is -0.861. The van der Waals surface area contributed by atoms with Crippen molar-refractivity contribution in [3.05, 3.63) is 0 Å². The summed E-state index contributed by atoms with van der Waals surface area (Å²) in [4.78, 5) is 23.3. The van der Waals surface area contributed by atoms with E-state index in [4.69, 9.17) is 5.11 Å². The second kappa shape index (κ2) is 6.42. The smallest absolute Gasteiger partial charge is 0.396 e. The van der Waals surface area contributed by atoms with Gasteiger partial charge in [-0.25, -0.2) is 4.79 Å². The molecule has 0 bridgehead atoms. The average Bonchev–Trinajstić information content (AvgIpc) is 2.17. The van der Waals surface area contributed by atoms with Crippen molar-refractivity contribution in [2.24, 2.45) is 0 Å². The number of hydrogen-bond acceptors (Lipinski definition) is 4. The lowest BCUT2D eigenvalue weighted by molar-refractivity contribution is -0.158. The van der Waals surface area contributed by atoms with E-state index in [1.165, 1.54) is 12.0 Å². The number of carbonyl (C=O) groups excluding carboxylic acids is 2. The van der Waals surface area contributed by atoms with E-state index in [9.17, 15) is 9.59 Å². The molecule has 0 aliphatic rings. The van der Waals surface area contributed by atoms with Crippen LogP contribution in [0.3, 0.4) is 0 Å². The van der Waals surface area contributed by atoms with E-state index in [-0.39, 0.29) is 6.61 Å². The quantitative estimate of drug-likeness (QED) is 0.473. The highest BCUT2D eigenvalue weighted by Gasteiger charge is 2.20. The lowest BCUT2D eigenvalue weighted by Crippen LogP contribution is -2.38. The van der Waals surface area contributed by atoms with Crippen molar-refractivity contribution in [2.45, 2.75) is 13.3 Å². The minimum Gasteiger partial charge on any atom is -0.462 e. The van der Waals surface area contributed by atoms with E-state index in [2.05, 4.69) is 4.74 Å². The SMILES string of the molecule is CCN(CCCO)C(=O)C(=O)OC. The second-order valence-corrected chi connectivity index (χ2v) is 2.45. The molecule has 0 aliphatic heterocycles. The molecule has 0 saturated carbocycles. The number of aliphatic hydroxyl groups excluding tert-OH is 1. The highest BCUT2D eigenvalue weighted by molar-refractivity contribution is 6.32. The lowest BCUT2D eigenvalue weighted by Gasteiger charge is -2.18. The van der Waals surface area contributed by atoms with Crippen LogP contribution in [-0.2, 0) is 14.3 Å². The van der Waals surface area contributed by atoms with E-state index in [1.807, 2.05) is 0 Å². The first-order valence-electron chi connectivity index (χ1n) is 4.15. The van der Waals surface area contributed by atoms with Crippen LogP contribution in [0.25, 0.3) is 0 Å². The van der Waals surface area contributed by atoms with Gasteiger partial charge in [-0.1, -0.05) is 0 Å². The van der Waals surface area contributed by atoms with E-state index in [1.54, 1.807) is 6.92 Å². The lowest BCUT2D eigenvalue weighted by atomic mass is 10.3. The Kier molecular flexibility index (Phi) is 5.88. The van der Waals surface area contributed by atoms with Gasteiger partial charge in [0.2, 0.25) is 0 Å². The van der Waals surface area contributed by atoms with Crippen LogP contribution in [0.5, 0.6) is 0 Å². The maximum Gasteiger partial charge on any atom is 0.396 e. The minimum absolute atomic E-state index is 0.00491. The van der Waals surface area contributed by atoms with E-state index >= 15 is 0 Å². The Morgan fingerprint density at radius 1 is 1.46 bits per heavy atom. The molecule has 0 unspecified atom stereocenters. The first-order chi connectivity index (χ1) is 6.17. The van der Waals surface area contributed by atoms with Crippen LogP contribution < -0.4 is 0 Å². The largest absolute Gasteiger partial charge is 0.462 e. The molecule has 0 atom stereocenters. The van der Waals surface area contributed by atoms with Gasteiger partial charge >= 0.3 is 11.9 Å². The van der Waals surface area contributed by atoms with Crippen molar-refractivity contribution in [3.63, 3.8) is 0 Å². The van der Waals surface area contributed by atoms with Gasteiger partial charge in [0.05, 0.1) is 7.11 Å². The summed E-state index contributed by atoms with van der Waals surface area (Å²) in [6.07, 6.45) is 0.469. The molecular weight excluding hydrogens is 174 g/mol. The zero-order valence-electron chi connectivity index (χ0n) is 7.95. The van der Waals surface area contributed by atoms with Gasteiger partial charge in [-0.3, -0.25) is 4.79 Å². The van der Waals surface area contributed by atoms with Crippen molar-refractivity contribution in [1.29, 1.82) is 0 Å². The van der Waals surface area contributed by atoms with Gasteiger partial charge in [0, 0.05) is 19.7 Å². The standard InChI is InChI=1S/C8H15NO4/c1-3-9(5-4-6-10)7(11)8(12)13-2/h10H,3-6H2,1-2H3. The number of likely N-dealkylation sites (N-methyl/N-ethyl adjacent to an activating group) is 1. The van der Waals surface area contributed by atoms with Crippen LogP contribution in [0.4, 0.5) is 0 Å². The Balaban J connectivity index is 4.06. The van der Waals surface area contributed by atoms with Gasteiger partial charge in [0.25, 0.3) is 0 Å². The number of ether oxygens (including phenoxy) is 1. The molecule has 0 fully saturated rings. The summed E-state index contributed by atoms with van der Waals surface area (Å²) in [6, 6.07) is 0. The van der Waals surface area contributed by atoms with Crippen LogP contribution in [0.15, 0.2) is 0 Å². The zero-order valence-corrected chi connectivity index (χ0v) is 7.95. The fourth-order valence-electron chi connectivity index (χ4n) is 0.881. The van der Waals surface area contributed by atoms with Crippen molar-refractivity contribution >= 4 is 11.9 Å². The summed E-state index contributed by atoms with van der Waals surface area (Å²) in [5.74, 6) is -1.52. The molecule has 0 spiro atoms. The predicted octanol–water partition coefficient (Wildman–Crippen LogP) is -0.610. The molecule has 0 aromatic carbocycles. The fourth-order valence-corrected chi connectivity index (χ4v) is 0.881. The van der Waals surface area contributed by atoms with Gasteiger partial charge in [0.1, 0.15) is 0 Å². The predicted molar refractivity (Wildman–Crippen MR) is 46.0 cm³/mol. The van der Waals surface area contributed by atoms with Crippen LogP contribution in [0.2, 0.25) is 0 Å². The molecule has 0 saturated heterocycles. The molecule has 0 aliphatic carbocycles. The topological polar surface area (TPSA) is 66.8 Å². The molecule has 13 heavy (non-hydrogen) atoms. The van der Waals surface area contributed by atoms with E-state index in [0.717, 1.165) is 0 Å². The Hall–Kier alpha value is -1.10. The van der Waals surface area contributed by atoms with Crippen LogP contribution in [0, 0.1) is 0 Å². The maximum absolute atomic E-state index is 11.2. The van der Waals surface area contributed by atoms with Gasteiger partial charge in [0.15, 0.2) is 0 Å². The summed E-state index contributed by atoms with van der Waals surface area (Å²) < 4.78 is 4.28. The molecule has 0 heterocycles.